The van der Waals surface area contributed by atoms with E-state index in [0.29, 0.717) is 31.9 Å². The maximum atomic E-state index is 12.7. The standard InChI is InChI=1S/C19H22N4O4/c1-20-19(26)21-17(24)16(14-6-3-2-4-7-14)22-9-11-23(12-10-22)18(25)15-8-5-13-27-15/h2-8,13,16H,9-12H2,1H3,(H2,20,21,24,26)/p+1/t16-/m1/s1. The fraction of sp³-hybridized carbons (Fsp3) is 0.316. The first-order chi connectivity index (χ1) is 13.1. The van der Waals surface area contributed by atoms with Crippen LogP contribution in [0.4, 0.5) is 4.79 Å². The normalized spacial score (nSPS) is 15.8. The zero-order valence-electron chi connectivity index (χ0n) is 15.1. The fourth-order valence-electron chi connectivity index (χ4n) is 3.31. The molecule has 142 valence electrons. The molecule has 0 spiro atoms. The smallest absolute Gasteiger partial charge is 0.321 e. The van der Waals surface area contributed by atoms with E-state index in [4.69, 9.17) is 4.42 Å². The van der Waals surface area contributed by atoms with Gasteiger partial charge in [-0.15, -0.1) is 0 Å². The van der Waals surface area contributed by atoms with Gasteiger partial charge in [0.05, 0.1) is 32.4 Å². The monoisotopic (exact) mass is 371 g/mol. The van der Waals surface area contributed by atoms with Gasteiger partial charge in [0, 0.05) is 12.6 Å². The minimum absolute atomic E-state index is 0.148. The van der Waals surface area contributed by atoms with Gasteiger partial charge in [0.2, 0.25) is 0 Å². The molecule has 0 saturated carbocycles. The second-order valence-electron chi connectivity index (χ2n) is 6.34. The van der Waals surface area contributed by atoms with E-state index in [9.17, 15) is 14.4 Å². The molecule has 0 radical (unpaired) electrons. The Balaban J connectivity index is 1.71. The second-order valence-corrected chi connectivity index (χ2v) is 6.34. The Morgan fingerprint density at radius 1 is 1.07 bits per heavy atom. The highest BCUT2D eigenvalue weighted by molar-refractivity contribution is 5.96. The van der Waals surface area contributed by atoms with Gasteiger partial charge < -0.3 is 19.5 Å². The van der Waals surface area contributed by atoms with E-state index in [0.717, 1.165) is 10.5 Å². The number of amides is 4. The van der Waals surface area contributed by atoms with E-state index in [1.807, 2.05) is 30.3 Å². The molecule has 0 aliphatic carbocycles. The molecule has 0 unspecified atom stereocenters. The van der Waals surface area contributed by atoms with Crippen LogP contribution in [0.25, 0.3) is 0 Å². The van der Waals surface area contributed by atoms with Crippen LogP contribution in [0.2, 0.25) is 0 Å². The van der Waals surface area contributed by atoms with Gasteiger partial charge in [0.1, 0.15) is 0 Å². The average Bonchev–Trinajstić information content (AvgIpc) is 3.23. The zero-order chi connectivity index (χ0) is 19.2. The number of urea groups is 1. The maximum Gasteiger partial charge on any atom is 0.321 e. The third-order valence-corrected chi connectivity index (χ3v) is 4.69. The zero-order valence-corrected chi connectivity index (χ0v) is 15.1. The molecule has 1 aromatic heterocycles. The van der Waals surface area contributed by atoms with Crippen molar-refractivity contribution in [1.29, 1.82) is 0 Å². The maximum absolute atomic E-state index is 12.7. The van der Waals surface area contributed by atoms with Gasteiger partial charge in [0.25, 0.3) is 11.8 Å². The Labute approximate surface area is 157 Å². The van der Waals surface area contributed by atoms with Gasteiger partial charge in [-0.1, -0.05) is 30.3 Å². The molecule has 2 heterocycles. The molecular weight excluding hydrogens is 348 g/mol. The molecule has 3 N–H and O–H groups in total. The molecule has 0 bridgehead atoms. The molecule has 1 aliphatic rings. The summed E-state index contributed by atoms with van der Waals surface area (Å²) in [6.45, 7) is 2.19. The lowest BCUT2D eigenvalue weighted by atomic mass is 10.0. The van der Waals surface area contributed by atoms with Crippen molar-refractivity contribution in [2.75, 3.05) is 33.2 Å². The number of furan rings is 1. The number of carbonyl (C=O) groups is 3. The van der Waals surface area contributed by atoms with Crippen LogP contribution in [-0.2, 0) is 4.79 Å². The number of hydrogen-bond acceptors (Lipinski definition) is 4. The molecule has 27 heavy (non-hydrogen) atoms. The van der Waals surface area contributed by atoms with Crippen molar-refractivity contribution in [3.63, 3.8) is 0 Å². The Hall–Kier alpha value is -3.13. The summed E-state index contributed by atoms with van der Waals surface area (Å²) < 4.78 is 5.18. The predicted octanol–water partition coefficient (Wildman–Crippen LogP) is -0.183. The van der Waals surface area contributed by atoms with Crippen LogP contribution in [0.5, 0.6) is 0 Å². The van der Waals surface area contributed by atoms with Crippen molar-refractivity contribution >= 4 is 17.8 Å². The lowest BCUT2D eigenvalue weighted by molar-refractivity contribution is -0.925. The lowest BCUT2D eigenvalue weighted by Crippen LogP contribution is -3.16. The number of nitrogens with one attached hydrogen (secondary N) is 3. The van der Waals surface area contributed by atoms with E-state index >= 15 is 0 Å². The number of rotatable bonds is 4. The van der Waals surface area contributed by atoms with Crippen LogP contribution in [-0.4, -0.2) is 56.0 Å². The molecule has 1 fully saturated rings. The summed E-state index contributed by atoms with van der Waals surface area (Å²) in [4.78, 5) is 39.5. The van der Waals surface area contributed by atoms with Crippen molar-refractivity contribution in [2.45, 2.75) is 6.04 Å². The van der Waals surface area contributed by atoms with E-state index in [1.54, 1.807) is 17.0 Å². The summed E-state index contributed by atoms with van der Waals surface area (Å²) in [6.07, 6.45) is 1.48. The average molecular weight is 371 g/mol. The van der Waals surface area contributed by atoms with Crippen LogP contribution in [0.3, 0.4) is 0 Å². The molecule has 8 nitrogen and oxygen atoms in total. The minimum atomic E-state index is -0.535. The number of benzene rings is 1. The summed E-state index contributed by atoms with van der Waals surface area (Å²) >= 11 is 0. The predicted molar refractivity (Wildman–Crippen MR) is 97.1 cm³/mol. The van der Waals surface area contributed by atoms with Crippen LogP contribution >= 0.6 is 0 Å². The quantitative estimate of drug-likeness (QED) is 0.695. The van der Waals surface area contributed by atoms with Crippen molar-refractivity contribution in [3.8, 4) is 0 Å². The summed E-state index contributed by atoms with van der Waals surface area (Å²) in [6, 6.07) is 11.6. The summed E-state index contributed by atoms with van der Waals surface area (Å²) in [5.74, 6) is -0.193. The van der Waals surface area contributed by atoms with E-state index < -0.39 is 12.1 Å². The van der Waals surface area contributed by atoms with Gasteiger partial charge >= 0.3 is 6.03 Å². The van der Waals surface area contributed by atoms with Gasteiger partial charge in [-0.25, -0.2) is 4.79 Å². The Kier molecular flexibility index (Phi) is 5.87. The first-order valence-electron chi connectivity index (χ1n) is 8.85. The molecule has 3 rings (SSSR count). The molecule has 4 amide bonds. The van der Waals surface area contributed by atoms with Gasteiger partial charge in [-0.05, 0) is 12.1 Å². The molecule has 1 aliphatic heterocycles. The molecule has 1 aromatic carbocycles. The van der Waals surface area contributed by atoms with Crippen molar-refractivity contribution < 1.29 is 23.7 Å². The number of quaternary nitrogens is 1. The number of carbonyl (C=O) groups excluding carboxylic acids is 3. The van der Waals surface area contributed by atoms with Crippen LogP contribution < -0.4 is 15.5 Å². The van der Waals surface area contributed by atoms with Crippen molar-refractivity contribution in [1.82, 2.24) is 15.5 Å². The molecule has 1 atom stereocenters. The summed E-state index contributed by atoms with van der Waals surface area (Å²) in [7, 11) is 1.46. The van der Waals surface area contributed by atoms with E-state index in [2.05, 4.69) is 10.6 Å². The lowest BCUT2D eigenvalue weighted by Gasteiger charge is -2.35. The highest BCUT2D eigenvalue weighted by Gasteiger charge is 2.36. The number of hydrogen-bond donors (Lipinski definition) is 3. The Morgan fingerprint density at radius 2 is 1.78 bits per heavy atom. The number of imide groups is 1. The van der Waals surface area contributed by atoms with Crippen molar-refractivity contribution in [3.05, 3.63) is 60.1 Å². The molecule has 1 saturated heterocycles. The molecule has 2 aromatic rings. The van der Waals surface area contributed by atoms with Crippen LogP contribution in [0, 0.1) is 0 Å². The number of piperazine rings is 1. The first-order valence-corrected chi connectivity index (χ1v) is 8.85. The molecular formula is C19H23N4O4+. The third-order valence-electron chi connectivity index (χ3n) is 4.69. The third kappa shape index (κ3) is 4.35. The first kappa shape index (κ1) is 18.7. The van der Waals surface area contributed by atoms with Crippen LogP contribution in [0.1, 0.15) is 22.2 Å². The fourth-order valence-corrected chi connectivity index (χ4v) is 3.31. The molecule has 8 heteroatoms. The summed E-state index contributed by atoms with van der Waals surface area (Å²) in [5, 5.41) is 4.78. The van der Waals surface area contributed by atoms with E-state index in [1.165, 1.54) is 13.3 Å². The highest BCUT2D eigenvalue weighted by Crippen LogP contribution is 2.11. The van der Waals surface area contributed by atoms with Crippen molar-refractivity contribution in [2.24, 2.45) is 0 Å². The topological polar surface area (TPSA) is 96.1 Å². The number of nitrogens with zero attached hydrogens (tertiary/aromatic N) is 1. The second kappa shape index (κ2) is 8.50. The van der Waals surface area contributed by atoms with Crippen LogP contribution in [0.15, 0.2) is 53.1 Å². The largest absolute Gasteiger partial charge is 0.459 e. The Bertz CT molecular complexity index is 783. The Morgan fingerprint density at radius 3 is 2.37 bits per heavy atom. The summed E-state index contributed by atoms with van der Waals surface area (Å²) in [5.41, 5.74) is 0.833. The van der Waals surface area contributed by atoms with Gasteiger partial charge in [0.15, 0.2) is 11.8 Å². The SMILES string of the molecule is CNC(=O)NC(=O)[C@@H](c1ccccc1)[NH+]1CCN(C(=O)c2ccco2)CC1. The van der Waals surface area contributed by atoms with Gasteiger partial charge in [-0.3, -0.25) is 14.9 Å². The van der Waals surface area contributed by atoms with E-state index in [-0.39, 0.29) is 11.8 Å². The van der Waals surface area contributed by atoms with Gasteiger partial charge in [-0.2, -0.15) is 0 Å². The highest BCUT2D eigenvalue weighted by atomic mass is 16.3. The minimum Gasteiger partial charge on any atom is -0.459 e.